The average Bonchev–Trinajstić information content (AvgIpc) is 3.02. The first-order chi connectivity index (χ1) is 24.9. The number of carbonyl (C=O) groups is 1. The molecular weight excluding hydrogens is 789 g/mol. The van der Waals surface area contributed by atoms with Crippen LogP contribution in [0.2, 0.25) is 0 Å². The van der Waals surface area contributed by atoms with Crippen molar-refractivity contribution >= 4 is 63.5 Å². The van der Waals surface area contributed by atoms with Crippen molar-refractivity contribution in [3.63, 3.8) is 0 Å². The summed E-state index contributed by atoms with van der Waals surface area (Å²) < 4.78 is 132. The van der Waals surface area contributed by atoms with Gasteiger partial charge in [0.25, 0.3) is 40.5 Å². The van der Waals surface area contributed by atoms with Crippen LogP contribution in [0.1, 0.15) is 63.0 Å². The molecule has 0 unspecified atom stereocenters. The lowest BCUT2D eigenvalue weighted by Crippen LogP contribution is -2.23. The average molecular weight is 836 g/mol. The van der Waals surface area contributed by atoms with E-state index in [4.69, 9.17) is 5.11 Å². The molecule has 0 saturated heterocycles. The van der Waals surface area contributed by atoms with Gasteiger partial charge in [-0.1, -0.05) is 24.6 Å². The summed E-state index contributed by atoms with van der Waals surface area (Å²) in [5.41, 5.74) is 3.15. The number of unbranched alkanes of at least 4 members (excludes halogenated alkanes) is 2. The lowest BCUT2D eigenvalue weighted by molar-refractivity contribution is -0.441. The summed E-state index contributed by atoms with van der Waals surface area (Å²) in [5.74, 6) is -2.09. The van der Waals surface area contributed by atoms with Crippen molar-refractivity contribution in [3.05, 3.63) is 83.6 Å². The molecule has 0 bridgehead atoms. The first-order valence-electron chi connectivity index (χ1n) is 16.6. The second kappa shape index (κ2) is 20.2. The minimum Gasteiger partial charge on any atom is -0.481 e. The summed E-state index contributed by atoms with van der Waals surface area (Å²) in [4.78, 5) is 12.2. The van der Waals surface area contributed by atoms with E-state index in [2.05, 4.69) is 0 Å². The maximum atomic E-state index is 11.7. The second-order valence-electron chi connectivity index (χ2n) is 12.4. The molecule has 2 aromatic carbocycles. The number of aliphatic carboxylic acids is 1. The van der Waals surface area contributed by atoms with Crippen LogP contribution in [0.3, 0.4) is 0 Å². The van der Waals surface area contributed by atoms with Crippen LogP contribution in [0.5, 0.6) is 0 Å². The summed E-state index contributed by atoms with van der Waals surface area (Å²) in [6.45, 7) is 5.49. The maximum Gasteiger partial charge on any atom is 0.303 e. The molecule has 0 aliphatic rings. The van der Waals surface area contributed by atoms with Gasteiger partial charge in [-0.25, -0.2) is 0 Å². The first-order valence-corrected chi connectivity index (χ1v) is 22.7. The van der Waals surface area contributed by atoms with Crippen molar-refractivity contribution < 1.29 is 66.4 Å². The van der Waals surface area contributed by atoms with Gasteiger partial charge in [-0.3, -0.25) is 23.0 Å². The number of carboxylic acids is 1. The zero-order valence-electron chi connectivity index (χ0n) is 30.1. The van der Waals surface area contributed by atoms with E-state index in [0.717, 1.165) is 11.8 Å². The van der Waals surface area contributed by atoms with Crippen LogP contribution < -0.4 is 4.90 Å². The maximum absolute atomic E-state index is 11.7. The molecule has 0 radical (unpaired) electrons. The Morgan fingerprint density at radius 2 is 1.28 bits per heavy atom. The summed E-state index contributed by atoms with van der Waals surface area (Å²) >= 11 is 0. The van der Waals surface area contributed by atoms with Gasteiger partial charge < -0.3 is 10.0 Å². The number of hydrogen-bond donors (Lipinski definition) is 5. The molecule has 0 spiro atoms. The quantitative estimate of drug-likeness (QED) is 0.0344. The SMILES string of the molecule is C\C(=C/C=C/C=C/C(CCCS(=O)(=O)O)=[N+](CCCS(=O)(=O)O)c1ccc(S(=O)(=O)O)cc1C)N(CCCCCC(=O)O)c1ccc(S(=O)(=O)O)cc1C. The van der Waals surface area contributed by atoms with Crippen LogP contribution in [-0.4, -0.2) is 97.8 Å². The van der Waals surface area contributed by atoms with E-state index >= 15 is 0 Å². The van der Waals surface area contributed by atoms with E-state index in [1.807, 2.05) is 11.8 Å². The van der Waals surface area contributed by atoms with E-state index in [0.29, 0.717) is 54.0 Å². The fourth-order valence-corrected chi connectivity index (χ4v) is 7.61. The predicted molar refractivity (Wildman–Crippen MR) is 204 cm³/mol. The third-order valence-electron chi connectivity index (χ3n) is 8.03. The van der Waals surface area contributed by atoms with Crippen molar-refractivity contribution in [1.82, 2.24) is 0 Å². The molecule has 0 atom stereocenters. The van der Waals surface area contributed by atoms with E-state index in [9.17, 15) is 56.7 Å². The molecule has 54 heavy (non-hydrogen) atoms. The standard InChI is InChI=1S/C34H46N2O14S4/c1-26-24-30(53(45,46)47)16-18-32(26)35(20-9-5-8-15-34(37)38)28(3)12-6-4-7-13-29(14-10-22-51(39,40)41)36(21-11-23-52(42,43)44)33-19-17-31(25-27(33)2)54(48,49)50/h4,6-7,12-13,16-19,24-25H,5,8-11,14-15,20-23H2,1-3H3,(H4-,37,38,39,40,41,42,43,44,45,46,47,48,49,50)/p+1. The fourth-order valence-electron chi connectivity index (χ4n) is 5.48. The van der Waals surface area contributed by atoms with Gasteiger partial charge in [-0.2, -0.15) is 38.2 Å². The monoisotopic (exact) mass is 835 g/mol. The molecule has 20 heteroatoms. The first kappa shape index (κ1) is 46.4. The second-order valence-corrected chi connectivity index (χ2v) is 18.4. The summed E-state index contributed by atoms with van der Waals surface area (Å²) in [6.07, 6.45) is 9.98. The van der Waals surface area contributed by atoms with Crippen molar-refractivity contribution in [3.8, 4) is 0 Å². The van der Waals surface area contributed by atoms with Gasteiger partial charge >= 0.3 is 5.97 Å². The third kappa shape index (κ3) is 16.7. The molecule has 0 saturated carbocycles. The molecule has 2 aromatic rings. The highest BCUT2D eigenvalue weighted by atomic mass is 32.2. The normalized spacial score (nSPS) is 13.8. The zero-order valence-corrected chi connectivity index (χ0v) is 33.3. The minimum atomic E-state index is -4.55. The number of aryl methyl sites for hydroxylation is 2. The summed E-state index contributed by atoms with van der Waals surface area (Å²) in [7, 11) is -17.7. The van der Waals surface area contributed by atoms with Crippen LogP contribution in [-0.2, 0) is 45.3 Å². The molecule has 0 aromatic heterocycles. The summed E-state index contributed by atoms with van der Waals surface area (Å²) in [5, 5.41) is 8.97. The molecule has 2 rings (SSSR count). The van der Waals surface area contributed by atoms with Gasteiger partial charge in [0.05, 0.1) is 21.3 Å². The number of carboxylic acid groups (broad SMARTS) is 1. The highest BCUT2D eigenvalue weighted by molar-refractivity contribution is 7.86. The van der Waals surface area contributed by atoms with Gasteiger partial charge in [-0.05, 0) is 82.0 Å². The number of rotatable bonds is 22. The van der Waals surface area contributed by atoms with Gasteiger partial charge in [0, 0.05) is 54.9 Å². The Balaban J connectivity index is 2.58. The lowest BCUT2D eigenvalue weighted by Gasteiger charge is -2.27. The Bertz CT molecular complexity index is 2230. The largest absolute Gasteiger partial charge is 0.481 e. The topological polar surface area (TPSA) is 261 Å². The van der Waals surface area contributed by atoms with Crippen LogP contribution in [0.25, 0.3) is 0 Å². The van der Waals surface area contributed by atoms with Crippen LogP contribution in [0.15, 0.2) is 82.3 Å². The Kier molecular flexibility index (Phi) is 17.4. The molecule has 16 nitrogen and oxygen atoms in total. The smallest absolute Gasteiger partial charge is 0.303 e. The van der Waals surface area contributed by atoms with E-state index in [1.165, 1.54) is 24.3 Å². The fraction of sp³-hybridized carbons (Fsp3) is 0.412. The van der Waals surface area contributed by atoms with Crippen molar-refractivity contribution in [2.24, 2.45) is 0 Å². The van der Waals surface area contributed by atoms with E-state index in [1.54, 1.807) is 54.9 Å². The van der Waals surface area contributed by atoms with Crippen LogP contribution in [0, 0.1) is 13.8 Å². The Labute approximate surface area is 317 Å². The number of nitrogens with zero attached hydrogens (tertiary/aromatic N) is 2. The highest BCUT2D eigenvalue weighted by Gasteiger charge is 2.22. The van der Waals surface area contributed by atoms with E-state index in [-0.39, 0.29) is 42.0 Å². The number of benzene rings is 2. The molecule has 0 fully saturated rings. The zero-order chi connectivity index (χ0) is 40.9. The third-order valence-corrected chi connectivity index (χ3v) is 11.3. The summed E-state index contributed by atoms with van der Waals surface area (Å²) in [6, 6.07) is 7.93. The molecule has 0 aliphatic carbocycles. The molecular formula is C34H47N2O14S4+. The van der Waals surface area contributed by atoms with Gasteiger partial charge in [0.1, 0.15) is 6.54 Å². The van der Waals surface area contributed by atoms with Gasteiger partial charge in [0.2, 0.25) is 5.69 Å². The Morgan fingerprint density at radius 3 is 1.81 bits per heavy atom. The van der Waals surface area contributed by atoms with Crippen molar-refractivity contribution in [2.45, 2.75) is 75.5 Å². The molecule has 0 aliphatic heterocycles. The highest BCUT2D eigenvalue weighted by Crippen LogP contribution is 2.28. The Morgan fingerprint density at radius 1 is 0.704 bits per heavy atom. The van der Waals surface area contributed by atoms with Crippen LogP contribution in [0.4, 0.5) is 11.4 Å². The Hall–Kier alpha value is -3.76. The number of allylic oxidation sites excluding steroid dienone is 6. The minimum absolute atomic E-state index is 0.0166. The molecule has 5 N–H and O–H groups in total. The van der Waals surface area contributed by atoms with Crippen LogP contribution >= 0.6 is 0 Å². The van der Waals surface area contributed by atoms with Crippen molar-refractivity contribution in [1.29, 1.82) is 0 Å². The molecule has 0 heterocycles. The number of anilines is 1. The van der Waals surface area contributed by atoms with E-state index < -0.39 is 57.9 Å². The lowest BCUT2D eigenvalue weighted by atomic mass is 10.1. The number of hydrogen-bond acceptors (Lipinski definition) is 10. The van der Waals surface area contributed by atoms with Crippen molar-refractivity contribution in [2.75, 3.05) is 29.5 Å². The molecule has 0 amide bonds. The van der Waals surface area contributed by atoms with Gasteiger partial charge in [0.15, 0.2) is 5.71 Å². The predicted octanol–water partition coefficient (Wildman–Crippen LogP) is 5.00. The van der Waals surface area contributed by atoms with Gasteiger partial charge in [-0.15, -0.1) is 0 Å². The molecule has 300 valence electrons.